The summed E-state index contributed by atoms with van der Waals surface area (Å²) in [7, 11) is 0. The Labute approximate surface area is 98.5 Å². The fourth-order valence-corrected chi connectivity index (χ4v) is 1.86. The van der Waals surface area contributed by atoms with Crippen molar-refractivity contribution in [1.82, 2.24) is 10.2 Å². The van der Waals surface area contributed by atoms with Crippen molar-refractivity contribution in [2.45, 2.75) is 41.5 Å². The van der Waals surface area contributed by atoms with E-state index in [2.05, 4.69) is 50.5 Å². The van der Waals surface area contributed by atoms with Crippen LogP contribution < -0.4 is 0 Å². The summed E-state index contributed by atoms with van der Waals surface area (Å²) >= 11 is 0. The first-order valence-electron chi connectivity index (χ1n) is 5.63. The van der Waals surface area contributed by atoms with E-state index in [4.69, 9.17) is 0 Å². The maximum atomic E-state index is 4.26. The van der Waals surface area contributed by atoms with Crippen molar-refractivity contribution in [3.8, 4) is 0 Å². The lowest BCUT2D eigenvalue weighted by atomic mass is 9.80. The molecule has 16 heavy (non-hydrogen) atoms. The Bertz CT molecular complexity index is 409. The topological polar surface area (TPSA) is 28.7 Å². The molecule has 0 spiro atoms. The third-order valence-corrected chi connectivity index (χ3v) is 2.60. The van der Waals surface area contributed by atoms with Gasteiger partial charge >= 0.3 is 0 Å². The number of aromatic nitrogens is 2. The van der Waals surface area contributed by atoms with E-state index in [0.29, 0.717) is 0 Å². The summed E-state index contributed by atoms with van der Waals surface area (Å²) in [6.45, 7) is 16.7. The summed E-state index contributed by atoms with van der Waals surface area (Å²) in [5.41, 5.74) is 5.88. The van der Waals surface area contributed by atoms with Crippen LogP contribution >= 0.6 is 0 Å². The number of H-pyrrole nitrogens is 1. The molecule has 0 radical (unpaired) electrons. The lowest BCUT2D eigenvalue weighted by molar-refractivity contribution is 0.565. The summed E-state index contributed by atoms with van der Waals surface area (Å²) < 4.78 is 0. The van der Waals surface area contributed by atoms with E-state index >= 15 is 0 Å². The van der Waals surface area contributed by atoms with Gasteiger partial charge in [0, 0.05) is 11.3 Å². The van der Waals surface area contributed by atoms with Gasteiger partial charge in [0.2, 0.25) is 0 Å². The molecule has 0 aromatic carbocycles. The number of rotatable bonds is 2. The molecule has 1 heterocycles. The van der Waals surface area contributed by atoms with E-state index in [1.165, 1.54) is 11.1 Å². The average Bonchev–Trinajstić information content (AvgIpc) is 2.41. The zero-order valence-electron chi connectivity index (χ0n) is 11.2. The van der Waals surface area contributed by atoms with Gasteiger partial charge in [0.25, 0.3) is 0 Å². The van der Waals surface area contributed by atoms with Crippen molar-refractivity contribution in [2.75, 3.05) is 0 Å². The molecule has 0 saturated carbocycles. The Balaban J connectivity index is 3.40. The Morgan fingerprint density at radius 2 is 1.88 bits per heavy atom. The summed E-state index contributed by atoms with van der Waals surface area (Å²) in [4.78, 5) is 0. The SMILES string of the molecule is C=C(C)/C=C(\c1c(C)n[nH]c1C)C(C)(C)C. The number of hydrogen-bond donors (Lipinski definition) is 1. The Morgan fingerprint density at radius 1 is 1.31 bits per heavy atom. The molecule has 1 aromatic rings. The second-order valence-electron chi connectivity index (χ2n) is 5.46. The third-order valence-electron chi connectivity index (χ3n) is 2.60. The van der Waals surface area contributed by atoms with Gasteiger partial charge in [-0.15, -0.1) is 0 Å². The van der Waals surface area contributed by atoms with E-state index < -0.39 is 0 Å². The van der Waals surface area contributed by atoms with Gasteiger partial charge in [-0.25, -0.2) is 0 Å². The van der Waals surface area contributed by atoms with Gasteiger partial charge in [-0.05, 0) is 31.8 Å². The molecular formula is C14H22N2. The molecule has 2 nitrogen and oxygen atoms in total. The Morgan fingerprint density at radius 3 is 2.19 bits per heavy atom. The number of hydrogen-bond acceptors (Lipinski definition) is 1. The highest BCUT2D eigenvalue weighted by atomic mass is 15.1. The molecule has 0 fully saturated rings. The van der Waals surface area contributed by atoms with Crippen molar-refractivity contribution in [3.05, 3.63) is 35.2 Å². The van der Waals surface area contributed by atoms with Gasteiger partial charge in [-0.2, -0.15) is 5.10 Å². The van der Waals surface area contributed by atoms with Crippen LogP contribution in [0.25, 0.3) is 5.57 Å². The summed E-state index contributed by atoms with van der Waals surface area (Å²) in [6, 6.07) is 0. The maximum absolute atomic E-state index is 4.26. The van der Waals surface area contributed by atoms with Crippen LogP contribution in [0, 0.1) is 19.3 Å². The van der Waals surface area contributed by atoms with Gasteiger partial charge in [0.05, 0.1) is 5.69 Å². The van der Waals surface area contributed by atoms with Crippen molar-refractivity contribution < 1.29 is 0 Å². The van der Waals surface area contributed by atoms with Crippen LogP contribution in [0.4, 0.5) is 0 Å². The zero-order valence-corrected chi connectivity index (χ0v) is 11.2. The molecule has 1 rings (SSSR count). The van der Waals surface area contributed by atoms with Gasteiger partial charge in [0.15, 0.2) is 0 Å². The van der Waals surface area contributed by atoms with Gasteiger partial charge < -0.3 is 0 Å². The lowest BCUT2D eigenvalue weighted by Gasteiger charge is -2.24. The van der Waals surface area contributed by atoms with E-state index in [-0.39, 0.29) is 5.41 Å². The normalized spacial score (nSPS) is 13.0. The highest BCUT2D eigenvalue weighted by molar-refractivity contribution is 5.74. The minimum absolute atomic E-state index is 0.0956. The molecule has 0 atom stereocenters. The Hall–Kier alpha value is -1.31. The highest BCUT2D eigenvalue weighted by Crippen LogP contribution is 2.37. The fraction of sp³-hybridized carbons (Fsp3) is 0.500. The van der Waals surface area contributed by atoms with Gasteiger partial charge in [-0.1, -0.05) is 39.0 Å². The van der Waals surface area contributed by atoms with E-state index in [1.54, 1.807) is 0 Å². The minimum atomic E-state index is 0.0956. The predicted molar refractivity (Wildman–Crippen MR) is 70.3 cm³/mol. The Kier molecular flexibility index (Phi) is 3.41. The zero-order chi connectivity index (χ0) is 12.5. The molecule has 88 valence electrons. The smallest absolute Gasteiger partial charge is 0.0669 e. The van der Waals surface area contributed by atoms with Gasteiger partial charge in [0.1, 0.15) is 0 Å². The van der Waals surface area contributed by atoms with Crippen LogP contribution in [0.5, 0.6) is 0 Å². The quantitative estimate of drug-likeness (QED) is 0.746. The number of allylic oxidation sites excluding steroid dienone is 3. The van der Waals surface area contributed by atoms with Crippen molar-refractivity contribution >= 4 is 5.57 Å². The van der Waals surface area contributed by atoms with Crippen LogP contribution in [-0.4, -0.2) is 10.2 Å². The monoisotopic (exact) mass is 218 g/mol. The molecule has 1 aromatic heterocycles. The van der Waals surface area contributed by atoms with E-state index in [1.807, 2.05) is 13.8 Å². The second kappa shape index (κ2) is 4.28. The summed E-state index contributed by atoms with van der Waals surface area (Å²) in [5.74, 6) is 0. The molecule has 0 unspecified atom stereocenters. The molecule has 1 N–H and O–H groups in total. The summed E-state index contributed by atoms with van der Waals surface area (Å²) in [6.07, 6.45) is 2.16. The minimum Gasteiger partial charge on any atom is -0.282 e. The summed E-state index contributed by atoms with van der Waals surface area (Å²) in [5, 5.41) is 7.30. The molecule has 0 bridgehead atoms. The van der Waals surface area contributed by atoms with Crippen molar-refractivity contribution in [1.29, 1.82) is 0 Å². The number of nitrogens with one attached hydrogen (secondary N) is 1. The molecule has 0 aliphatic rings. The van der Waals surface area contributed by atoms with Crippen LogP contribution in [0.15, 0.2) is 18.2 Å². The molecule has 0 amide bonds. The van der Waals surface area contributed by atoms with Gasteiger partial charge in [-0.3, -0.25) is 5.10 Å². The largest absolute Gasteiger partial charge is 0.282 e. The first kappa shape index (κ1) is 12.8. The van der Waals surface area contributed by atoms with Crippen LogP contribution in [0.3, 0.4) is 0 Å². The number of aryl methyl sites for hydroxylation is 2. The number of nitrogens with zero attached hydrogens (tertiary/aromatic N) is 1. The second-order valence-corrected chi connectivity index (χ2v) is 5.46. The van der Waals surface area contributed by atoms with Crippen LogP contribution in [0.2, 0.25) is 0 Å². The van der Waals surface area contributed by atoms with E-state index in [0.717, 1.165) is 17.0 Å². The van der Waals surface area contributed by atoms with Crippen molar-refractivity contribution in [3.63, 3.8) is 0 Å². The van der Waals surface area contributed by atoms with Crippen LogP contribution in [-0.2, 0) is 0 Å². The molecule has 0 aliphatic heterocycles. The first-order valence-corrected chi connectivity index (χ1v) is 5.63. The standard InChI is InChI=1S/C14H22N2/c1-9(2)8-12(14(5,6)7)13-10(3)15-16-11(13)4/h8H,1H2,2-7H3,(H,15,16)/b12-8+. The van der Waals surface area contributed by atoms with Crippen LogP contribution in [0.1, 0.15) is 44.6 Å². The molecular weight excluding hydrogens is 196 g/mol. The van der Waals surface area contributed by atoms with Crippen molar-refractivity contribution in [2.24, 2.45) is 5.41 Å². The molecule has 0 aliphatic carbocycles. The molecule has 2 heteroatoms. The fourth-order valence-electron chi connectivity index (χ4n) is 1.86. The maximum Gasteiger partial charge on any atom is 0.0669 e. The highest BCUT2D eigenvalue weighted by Gasteiger charge is 2.23. The average molecular weight is 218 g/mol. The lowest BCUT2D eigenvalue weighted by Crippen LogP contribution is -2.10. The van der Waals surface area contributed by atoms with E-state index in [9.17, 15) is 0 Å². The first-order chi connectivity index (χ1) is 7.23. The molecule has 0 saturated heterocycles. The predicted octanol–water partition coefficient (Wildman–Crippen LogP) is 4.03. The third kappa shape index (κ3) is 2.63. The number of aromatic amines is 1.